The van der Waals surface area contributed by atoms with Crippen molar-refractivity contribution in [2.45, 2.75) is 39.4 Å². The first kappa shape index (κ1) is 24.6. The predicted octanol–water partition coefficient (Wildman–Crippen LogP) is 4.67. The van der Waals surface area contributed by atoms with E-state index in [4.69, 9.17) is 0 Å². The van der Waals surface area contributed by atoms with E-state index in [2.05, 4.69) is 39.4 Å². The van der Waals surface area contributed by atoms with Gasteiger partial charge in [-0.05, 0) is 24.5 Å². The fraction of sp³-hybridized carbons (Fsp3) is 0.500. The van der Waals surface area contributed by atoms with Crippen LogP contribution in [-0.4, -0.2) is 29.0 Å². The molecule has 28 heavy (non-hydrogen) atoms. The van der Waals surface area contributed by atoms with Gasteiger partial charge in [-0.3, -0.25) is 4.98 Å². The van der Waals surface area contributed by atoms with E-state index < -0.39 is 11.9 Å². The van der Waals surface area contributed by atoms with E-state index in [0.717, 1.165) is 22.3 Å². The van der Waals surface area contributed by atoms with Gasteiger partial charge in [-0.15, -0.1) is 35.3 Å². The van der Waals surface area contributed by atoms with Gasteiger partial charge in [0.1, 0.15) is 5.01 Å². The molecule has 0 bridgehead atoms. The van der Waals surface area contributed by atoms with E-state index in [-0.39, 0.29) is 36.4 Å². The molecular weight excluding hydrogens is 502 g/mol. The third-order valence-electron chi connectivity index (χ3n) is 3.97. The van der Waals surface area contributed by atoms with Gasteiger partial charge in [0.2, 0.25) is 0 Å². The highest BCUT2D eigenvalue weighted by Crippen LogP contribution is 2.30. The Hall–Kier alpha value is -1.43. The predicted molar refractivity (Wildman–Crippen MR) is 117 cm³/mol. The van der Waals surface area contributed by atoms with Crippen LogP contribution in [0.1, 0.15) is 43.0 Å². The topological polar surface area (TPSA) is 62.2 Å². The molecule has 0 spiro atoms. The van der Waals surface area contributed by atoms with Gasteiger partial charge in [0.25, 0.3) is 0 Å². The lowest BCUT2D eigenvalue weighted by molar-refractivity contribution is -0.140. The molecular formula is C18H25F3IN5S. The number of nitrogens with zero attached hydrogens (tertiary/aromatic N) is 3. The van der Waals surface area contributed by atoms with Crippen LogP contribution in [0.15, 0.2) is 34.9 Å². The van der Waals surface area contributed by atoms with Crippen LogP contribution in [0.2, 0.25) is 0 Å². The van der Waals surface area contributed by atoms with E-state index >= 15 is 0 Å². The van der Waals surface area contributed by atoms with Crippen molar-refractivity contribution in [1.29, 1.82) is 0 Å². The van der Waals surface area contributed by atoms with Crippen LogP contribution in [-0.2, 0) is 12.7 Å². The zero-order chi connectivity index (χ0) is 19.9. The summed E-state index contributed by atoms with van der Waals surface area (Å²) in [4.78, 5) is 12.1. The average molecular weight is 527 g/mol. The minimum atomic E-state index is -4.42. The van der Waals surface area contributed by atoms with Crippen molar-refractivity contribution in [3.63, 3.8) is 0 Å². The summed E-state index contributed by atoms with van der Waals surface area (Å²) in [6.07, 6.45) is -0.830. The van der Waals surface area contributed by atoms with Crippen LogP contribution in [0.3, 0.4) is 0 Å². The number of rotatable bonds is 7. The van der Waals surface area contributed by atoms with Crippen LogP contribution in [0.25, 0.3) is 0 Å². The summed E-state index contributed by atoms with van der Waals surface area (Å²) in [5.41, 5.74) is 0.262. The second-order valence-electron chi connectivity index (χ2n) is 6.34. The molecule has 0 aliphatic carbocycles. The Morgan fingerprint density at radius 2 is 2.04 bits per heavy atom. The fourth-order valence-electron chi connectivity index (χ4n) is 2.54. The number of nitrogens with one attached hydrogen (secondary N) is 2. The number of thiazole rings is 1. The van der Waals surface area contributed by atoms with Gasteiger partial charge >= 0.3 is 6.18 Å². The Balaban J connectivity index is 0.00000392. The van der Waals surface area contributed by atoms with Gasteiger partial charge in [-0.2, -0.15) is 13.2 Å². The van der Waals surface area contributed by atoms with Crippen molar-refractivity contribution >= 4 is 41.3 Å². The Bertz CT molecular complexity index is 734. The van der Waals surface area contributed by atoms with Gasteiger partial charge in [-0.1, -0.05) is 19.9 Å². The van der Waals surface area contributed by atoms with Crippen molar-refractivity contribution in [1.82, 2.24) is 20.6 Å². The number of hydrogen-bond acceptors (Lipinski definition) is 4. The molecule has 10 heteroatoms. The van der Waals surface area contributed by atoms with Gasteiger partial charge in [0, 0.05) is 36.8 Å². The molecule has 5 nitrogen and oxygen atoms in total. The Morgan fingerprint density at radius 3 is 2.57 bits per heavy atom. The lowest BCUT2D eigenvalue weighted by Crippen LogP contribution is -2.40. The van der Waals surface area contributed by atoms with Crippen molar-refractivity contribution < 1.29 is 13.2 Å². The quantitative estimate of drug-likeness (QED) is 0.312. The Kier molecular flexibility index (Phi) is 10.1. The summed E-state index contributed by atoms with van der Waals surface area (Å²) in [6.45, 7) is 7.59. The molecule has 0 aromatic carbocycles. The van der Waals surface area contributed by atoms with Gasteiger partial charge in [-0.25, -0.2) is 9.98 Å². The first-order valence-electron chi connectivity index (χ1n) is 8.75. The summed E-state index contributed by atoms with van der Waals surface area (Å²) in [7, 11) is 0. The largest absolute Gasteiger partial charge is 0.434 e. The van der Waals surface area contributed by atoms with Crippen molar-refractivity contribution in [2.75, 3.05) is 13.1 Å². The summed E-state index contributed by atoms with van der Waals surface area (Å²) in [5, 5.41) is 7.73. The van der Waals surface area contributed by atoms with Crippen LogP contribution in [0, 0.1) is 5.92 Å². The molecule has 0 amide bonds. The molecule has 2 aromatic heterocycles. The van der Waals surface area contributed by atoms with E-state index in [1.807, 2.05) is 25.3 Å². The first-order chi connectivity index (χ1) is 12.8. The van der Waals surface area contributed by atoms with Crippen molar-refractivity contribution in [3.8, 4) is 0 Å². The van der Waals surface area contributed by atoms with Crippen LogP contribution in [0.4, 0.5) is 13.2 Å². The zero-order valence-electron chi connectivity index (χ0n) is 16.0. The smallest absolute Gasteiger partial charge is 0.357 e. The average Bonchev–Trinajstić information content (AvgIpc) is 3.10. The minimum absolute atomic E-state index is 0. The van der Waals surface area contributed by atoms with Gasteiger partial charge in [0.15, 0.2) is 11.7 Å². The van der Waals surface area contributed by atoms with E-state index in [1.54, 1.807) is 6.20 Å². The fourth-order valence-corrected chi connectivity index (χ4v) is 3.27. The molecule has 2 N–H and O–H groups in total. The second kappa shape index (κ2) is 11.5. The number of halogens is 4. The Morgan fingerprint density at radius 1 is 1.29 bits per heavy atom. The molecule has 1 atom stereocenters. The molecule has 0 aliphatic rings. The minimum Gasteiger partial charge on any atom is -0.357 e. The standard InChI is InChI=1S/C18H24F3N5S.HI/c1-4-23-17(25-10-16-26-15(11-27-16)18(19,20)21)24-9-14(12(2)3)13-6-5-7-22-8-13;/h5-8,11-12,14H,4,9-10H2,1-3H3,(H2,23,24,25);1H. The highest BCUT2D eigenvalue weighted by molar-refractivity contribution is 14.0. The molecule has 0 aliphatic heterocycles. The number of hydrogen-bond donors (Lipinski definition) is 2. The Labute approximate surface area is 184 Å². The first-order valence-corrected chi connectivity index (χ1v) is 9.63. The summed E-state index contributed by atoms with van der Waals surface area (Å²) >= 11 is 0.961. The molecule has 0 saturated carbocycles. The van der Waals surface area contributed by atoms with Gasteiger partial charge < -0.3 is 10.6 Å². The third-order valence-corrected chi connectivity index (χ3v) is 4.80. The molecule has 0 fully saturated rings. The SMILES string of the molecule is CCNC(=NCc1nc(C(F)(F)F)cs1)NCC(c1cccnc1)C(C)C.I. The number of guanidine groups is 1. The van der Waals surface area contributed by atoms with E-state index in [9.17, 15) is 13.2 Å². The maximum Gasteiger partial charge on any atom is 0.434 e. The number of aromatic nitrogens is 2. The van der Waals surface area contributed by atoms with Crippen LogP contribution < -0.4 is 10.6 Å². The lowest BCUT2D eigenvalue weighted by atomic mass is 9.89. The second-order valence-corrected chi connectivity index (χ2v) is 7.28. The van der Waals surface area contributed by atoms with E-state index in [0.29, 0.717) is 30.0 Å². The normalized spacial score (nSPS) is 13.2. The summed E-state index contributed by atoms with van der Waals surface area (Å²) in [5.74, 6) is 1.17. The molecule has 2 rings (SSSR count). The van der Waals surface area contributed by atoms with Crippen molar-refractivity contribution in [2.24, 2.45) is 10.9 Å². The summed E-state index contributed by atoms with van der Waals surface area (Å²) < 4.78 is 37.9. The maximum absolute atomic E-state index is 12.6. The van der Waals surface area contributed by atoms with Crippen molar-refractivity contribution in [3.05, 3.63) is 46.2 Å². The molecule has 0 saturated heterocycles. The molecule has 0 radical (unpaired) electrons. The van der Waals surface area contributed by atoms with Gasteiger partial charge in [0.05, 0.1) is 6.54 Å². The number of aliphatic imine (C=N–C) groups is 1. The number of alkyl halides is 3. The maximum atomic E-state index is 12.6. The summed E-state index contributed by atoms with van der Waals surface area (Å²) in [6, 6.07) is 3.95. The zero-order valence-corrected chi connectivity index (χ0v) is 19.1. The monoisotopic (exact) mass is 527 g/mol. The molecule has 156 valence electrons. The lowest BCUT2D eigenvalue weighted by Gasteiger charge is -2.22. The highest BCUT2D eigenvalue weighted by atomic mass is 127. The van der Waals surface area contributed by atoms with Crippen LogP contribution in [0.5, 0.6) is 0 Å². The highest BCUT2D eigenvalue weighted by Gasteiger charge is 2.33. The molecule has 1 unspecified atom stereocenters. The molecule has 2 heterocycles. The molecule has 2 aromatic rings. The third kappa shape index (κ3) is 7.53. The van der Waals surface area contributed by atoms with Crippen LogP contribution >= 0.6 is 35.3 Å². The number of pyridine rings is 1. The van der Waals surface area contributed by atoms with E-state index in [1.165, 1.54) is 0 Å².